The Kier molecular flexibility index (Phi) is 7.41. The maximum Gasteiger partial charge on any atom is 0.407 e. The smallest absolute Gasteiger partial charge is 0.407 e. The van der Waals surface area contributed by atoms with Crippen LogP contribution >= 0.6 is 0 Å². The Labute approximate surface area is 211 Å². The Hall–Kier alpha value is -3.14. The van der Waals surface area contributed by atoms with E-state index in [1.807, 2.05) is 18.2 Å². The average Bonchev–Trinajstić information content (AvgIpc) is 3.02. The number of hydrogen-bond donors (Lipinski definition) is 2. The van der Waals surface area contributed by atoms with Crippen molar-refractivity contribution in [1.29, 1.82) is 0 Å². The number of nitrogens with zero attached hydrogens (tertiary/aromatic N) is 4. The molecule has 192 valence electrons. The van der Waals surface area contributed by atoms with Gasteiger partial charge in [0.1, 0.15) is 12.4 Å². The third-order valence-electron chi connectivity index (χ3n) is 7.34. The normalized spacial score (nSPS) is 19.8. The molecule has 0 radical (unpaired) electrons. The Morgan fingerprint density at radius 3 is 2.50 bits per heavy atom. The second kappa shape index (κ2) is 10.9. The summed E-state index contributed by atoms with van der Waals surface area (Å²) >= 11 is 0. The van der Waals surface area contributed by atoms with Gasteiger partial charge in [0.25, 0.3) is 5.91 Å². The van der Waals surface area contributed by atoms with Crippen LogP contribution < -0.4 is 4.74 Å². The summed E-state index contributed by atoms with van der Waals surface area (Å²) in [4.78, 5) is 32.0. The van der Waals surface area contributed by atoms with Gasteiger partial charge < -0.3 is 24.7 Å². The molecule has 1 fully saturated rings. The first-order valence-electron chi connectivity index (χ1n) is 12.7. The van der Waals surface area contributed by atoms with Gasteiger partial charge in [-0.1, -0.05) is 30.3 Å². The molecule has 9 nitrogen and oxygen atoms in total. The molecule has 3 heterocycles. The van der Waals surface area contributed by atoms with E-state index in [0.29, 0.717) is 63.7 Å². The van der Waals surface area contributed by atoms with Crippen molar-refractivity contribution in [1.82, 2.24) is 19.6 Å². The standard InChI is InChI=1S/C27H34N4O5/c32-23(18-29-8-7-21-3-1-2-4-22(21)17-29)19-31-13-14-36-25-15-20(5-6-24(25)26(31)33)16-28-9-11-30(12-10-28)27(34)35/h1-6,15,23,32H,7-14,16-19H2,(H,34,35)/t23-/m1/s1. The van der Waals surface area contributed by atoms with Crippen LogP contribution in [0.3, 0.4) is 0 Å². The minimum absolute atomic E-state index is 0.118. The zero-order chi connectivity index (χ0) is 25.1. The van der Waals surface area contributed by atoms with Crippen LogP contribution in [0.1, 0.15) is 27.0 Å². The summed E-state index contributed by atoms with van der Waals surface area (Å²) in [6, 6.07) is 14.1. The molecule has 1 saturated heterocycles. The molecule has 1 atom stereocenters. The van der Waals surface area contributed by atoms with Crippen LogP contribution in [0, 0.1) is 0 Å². The SMILES string of the molecule is O=C(O)N1CCN(Cc2ccc3c(c2)OCCN(C[C@H](O)CN2CCc4ccccc4C2)C3=O)CC1. The predicted octanol–water partition coefficient (Wildman–Crippen LogP) is 1.74. The molecule has 9 heteroatoms. The summed E-state index contributed by atoms with van der Waals surface area (Å²) < 4.78 is 5.94. The lowest BCUT2D eigenvalue weighted by Gasteiger charge is -2.33. The number of carbonyl (C=O) groups excluding carboxylic acids is 1. The van der Waals surface area contributed by atoms with Crippen molar-refractivity contribution in [3.05, 3.63) is 64.7 Å². The van der Waals surface area contributed by atoms with Gasteiger partial charge in [0.2, 0.25) is 0 Å². The average molecular weight is 495 g/mol. The van der Waals surface area contributed by atoms with Gasteiger partial charge in [-0.2, -0.15) is 0 Å². The lowest BCUT2D eigenvalue weighted by molar-refractivity contribution is 0.0501. The largest absolute Gasteiger partial charge is 0.491 e. The maximum absolute atomic E-state index is 13.3. The molecule has 0 bridgehead atoms. The van der Waals surface area contributed by atoms with E-state index in [1.165, 1.54) is 16.0 Å². The van der Waals surface area contributed by atoms with Gasteiger partial charge in [-0.15, -0.1) is 0 Å². The number of fused-ring (bicyclic) bond motifs is 2. The number of amides is 2. The number of β-amino-alcohol motifs (C(OH)–C–C–N with tert-alkyl or cyclic N) is 1. The van der Waals surface area contributed by atoms with E-state index in [2.05, 4.69) is 34.1 Å². The van der Waals surface area contributed by atoms with Crippen LogP contribution in [0.2, 0.25) is 0 Å². The molecule has 3 aliphatic rings. The molecule has 5 rings (SSSR count). The zero-order valence-electron chi connectivity index (χ0n) is 20.5. The van der Waals surface area contributed by atoms with Gasteiger partial charge in [0.15, 0.2) is 0 Å². The molecule has 2 amide bonds. The second-order valence-corrected chi connectivity index (χ2v) is 9.88. The van der Waals surface area contributed by atoms with Gasteiger partial charge in [0, 0.05) is 58.9 Å². The second-order valence-electron chi connectivity index (χ2n) is 9.88. The third-order valence-corrected chi connectivity index (χ3v) is 7.34. The maximum atomic E-state index is 13.3. The topological polar surface area (TPSA) is 96.8 Å². The van der Waals surface area contributed by atoms with Crippen molar-refractivity contribution in [3.63, 3.8) is 0 Å². The summed E-state index contributed by atoms with van der Waals surface area (Å²) in [5.74, 6) is 0.457. The molecule has 0 spiro atoms. The van der Waals surface area contributed by atoms with Crippen LogP contribution in [0.15, 0.2) is 42.5 Å². The zero-order valence-corrected chi connectivity index (χ0v) is 20.5. The minimum Gasteiger partial charge on any atom is -0.491 e. The lowest BCUT2D eigenvalue weighted by Crippen LogP contribution is -2.47. The first-order valence-corrected chi connectivity index (χ1v) is 12.7. The van der Waals surface area contributed by atoms with Crippen molar-refractivity contribution in [2.45, 2.75) is 25.6 Å². The molecular formula is C27H34N4O5. The summed E-state index contributed by atoms with van der Waals surface area (Å²) in [5, 5.41) is 19.9. The van der Waals surface area contributed by atoms with E-state index in [1.54, 1.807) is 4.90 Å². The van der Waals surface area contributed by atoms with Crippen molar-refractivity contribution in [2.24, 2.45) is 0 Å². The van der Waals surface area contributed by atoms with Crippen molar-refractivity contribution in [2.75, 3.05) is 59.0 Å². The molecular weight excluding hydrogens is 460 g/mol. The first-order chi connectivity index (χ1) is 17.5. The van der Waals surface area contributed by atoms with E-state index in [-0.39, 0.29) is 12.5 Å². The molecule has 0 aliphatic carbocycles. The molecule has 0 unspecified atom stereocenters. The third kappa shape index (κ3) is 5.64. The first kappa shape index (κ1) is 24.5. The van der Waals surface area contributed by atoms with Crippen molar-refractivity contribution < 1.29 is 24.5 Å². The highest BCUT2D eigenvalue weighted by Crippen LogP contribution is 2.26. The molecule has 36 heavy (non-hydrogen) atoms. The number of piperazine rings is 1. The highest BCUT2D eigenvalue weighted by molar-refractivity contribution is 5.97. The van der Waals surface area contributed by atoms with E-state index >= 15 is 0 Å². The predicted molar refractivity (Wildman–Crippen MR) is 134 cm³/mol. The van der Waals surface area contributed by atoms with Gasteiger partial charge in [0.05, 0.1) is 18.2 Å². The Bertz CT molecular complexity index is 1100. The van der Waals surface area contributed by atoms with E-state index in [9.17, 15) is 14.7 Å². The molecule has 2 N–H and O–H groups in total. The number of carbonyl (C=O) groups is 2. The number of rotatable bonds is 6. The number of benzene rings is 2. The summed E-state index contributed by atoms with van der Waals surface area (Å²) in [7, 11) is 0. The van der Waals surface area contributed by atoms with Crippen LogP contribution in [-0.4, -0.2) is 107 Å². The molecule has 2 aromatic carbocycles. The highest BCUT2D eigenvalue weighted by Gasteiger charge is 2.27. The van der Waals surface area contributed by atoms with Crippen LogP contribution in [-0.2, 0) is 19.5 Å². The minimum atomic E-state index is -0.873. The van der Waals surface area contributed by atoms with E-state index in [4.69, 9.17) is 9.84 Å². The number of ether oxygens (including phenoxy) is 1. The van der Waals surface area contributed by atoms with Gasteiger partial charge in [-0.05, 0) is 35.2 Å². The molecule has 2 aromatic rings. The van der Waals surface area contributed by atoms with Gasteiger partial charge in [-0.3, -0.25) is 14.6 Å². The number of carboxylic acid groups (broad SMARTS) is 1. The summed E-state index contributed by atoms with van der Waals surface area (Å²) in [5.41, 5.74) is 4.24. The monoisotopic (exact) mass is 494 g/mol. The fourth-order valence-corrected chi connectivity index (χ4v) is 5.35. The molecule has 3 aliphatic heterocycles. The highest BCUT2D eigenvalue weighted by atomic mass is 16.5. The van der Waals surface area contributed by atoms with Crippen LogP contribution in [0.25, 0.3) is 0 Å². The van der Waals surface area contributed by atoms with E-state index in [0.717, 1.165) is 25.1 Å². The van der Waals surface area contributed by atoms with Gasteiger partial charge in [-0.25, -0.2) is 4.79 Å². The Morgan fingerprint density at radius 2 is 1.72 bits per heavy atom. The van der Waals surface area contributed by atoms with Crippen molar-refractivity contribution >= 4 is 12.0 Å². The summed E-state index contributed by atoms with van der Waals surface area (Å²) in [6.45, 7) is 6.36. The summed E-state index contributed by atoms with van der Waals surface area (Å²) in [6.07, 6.45) is -0.531. The lowest BCUT2D eigenvalue weighted by atomic mass is 10.00. The van der Waals surface area contributed by atoms with E-state index < -0.39 is 12.2 Å². The Morgan fingerprint density at radius 1 is 0.944 bits per heavy atom. The Balaban J connectivity index is 1.17. The number of aliphatic hydroxyl groups excluding tert-OH is 1. The molecule has 0 saturated carbocycles. The van der Waals surface area contributed by atoms with Gasteiger partial charge >= 0.3 is 6.09 Å². The van der Waals surface area contributed by atoms with Crippen molar-refractivity contribution in [3.8, 4) is 5.75 Å². The molecule has 0 aromatic heterocycles. The fraction of sp³-hybridized carbons (Fsp3) is 0.481. The fourth-order valence-electron chi connectivity index (χ4n) is 5.35. The number of hydrogen-bond acceptors (Lipinski definition) is 6. The van der Waals surface area contributed by atoms with Crippen LogP contribution in [0.4, 0.5) is 4.79 Å². The quantitative estimate of drug-likeness (QED) is 0.632. The van der Waals surface area contributed by atoms with Crippen LogP contribution in [0.5, 0.6) is 5.75 Å². The number of aliphatic hydroxyl groups is 1.